The summed E-state index contributed by atoms with van der Waals surface area (Å²) in [5.41, 5.74) is 34.0. The molecule has 0 aliphatic carbocycles. The fourth-order valence-corrected chi connectivity index (χ4v) is 4.45. The topological polar surface area (TPSA) is 369 Å². The number of benzene rings is 1. The summed E-state index contributed by atoms with van der Waals surface area (Å²) in [6.07, 6.45) is 1.33. The minimum atomic E-state index is -0.940. The van der Waals surface area contributed by atoms with Crippen LogP contribution in [0.15, 0.2) is 34.3 Å². The van der Waals surface area contributed by atoms with Crippen LogP contribution in [0.5, 0.6) is 5.75 Å². The summed E-state index contributed by atoms with van der Waals surface area (Å²) in [5.74, 6) is -3.60. The first-order valence-electron chi connectivity index (χ1n) is 15.4. The molecule has 52 heavy (non-hydrogen) atoms. The smallest absolute Gasteiger partial charge is 0.280 e. The highest BCUT2D eigenvalue weighted by molar-refractivity contribution is 6.32. The van der Waals surface area contributed by atoms with Gasteiger partial charge < -0.3 is 50.1 Å². The van der Waals surface area contributed by atoms with E-state index in [1.54, 1.807) is 12.1 Å². The van der Waals surface area contributed by atoms with Crippen molar-refractivity contribution in [2.75, 3.05) is 42.6 Å². The second-order valence-electron chi connectivity index (χ2n) is 10.8. The van der Waals surface area contributed by atoms with Gasteiger partial charge >= 0.3 is 0 Å². The van der Waals surface area contributed by atoms with Gasteiger partial charge in [-0.1, -0.05) is 35.3 Å². The summed E-state index contributed by atoms with van der Waals surface area (Å²) in [6, 6.07) is 5.27. The van der Waals surface area contributed by atoms with Crippen molar-refractivity contribution in [3.05, 3.63) is 51.5 Å². The number of nitrogens with two attached hydrogens (primary N) is 6. The zero-order valence-corrected chi connectivity index (χ0v) is 29.0. The average molecular weight is 762 g/mol. The number of aromatic nitrogens is 4. The highest BCUT2D eigenvalue weighted by Gasteiger charge is 2.22. The van der Waals surface area contributed by atoms with E-state index in [2.05, 4.69) is 51.2 Å². The molecule has 2 heterocycles. The first-order chi connectivity index (χ1) is 24.6. The number of nitrogen functional groups attached to an aromatic ring is 4. The SMILES string of the molecule is NC(=NCCCCNC(=O)[C@H](Cc1ccc(O)cc1)NC(=O)CCCN=C(N)NC(=O)c1nc(Cl)c(N)nc1N)NC(=O)c1nc(Cl)c(N)nc1N. The van der Waals surface area contributed by atoms with E-state index in [0.29, 0.717) is 18.4 Å². The first-order valence-corrected chi connectivity index (χ1v) is 16.1. The van der Waals surface area contributed by atoms with Gasteiger partial charge in [0.2, 0.25) is 11.8 Å². The van der Waals surface area contributed by atoms with Crippen molar-refractivity contribution < 1.29 is 24.3 Å². The predicted molar refractivity (Wildman–Crippen MR) is 195 cm³/mol. The molecule has 0 fully saturated rings. The van der Waals surface area contributed by atoms with Gasteiger partial charge in [0.05, 0.1) is 0 Å². The largest absolute Gasteiger partial charge is 0.508 e. The van der Waals surface area contributed by atoms with E-state index in [4.69, 9.17) is 57.6 Å². The van der Waals surface area contributed by atoms with Crippen LogP contribution in [0, 0.1) is 0 Å². The summed E-state index contributed by atoms with van der Waals surface area (Å²) in [4.78, 5) is 73.7. The molecule has 21 nitrogen and oxygen atoms in total. The van der Waals surface area contributed by atoms with Crippen LogP contribution in [0.2, 0.25) is 10.3 Å². The number of carbonyl (C=O) groups excluding carboxylic acids is 4. The second-order valence-corrected chi connectivity index (χ2v) is 11.5. The highest BCUT2D eigenvalue weighted by Crippen LogP contribution is 2.18. The third-order valence-corrected chi connectivity index (χ3v) is 7.32. The van der Waals surface area contributed by atoms with E-state index in [1.165, 1.54) is 12.1 Å². The van der Waals surface area contributed by atoms with Crippen LogP contribution >= 0.6 is 23.2 Å². The fourth-order valence-electron chi connectivity index (χ4n) is 4.20. The third kappa shape index (κ3) is 12.6. The highest BCUT2D eigenvalue weighted by atomic mass is 35.5. The van der Waals surface area contributed by atoms with Crippen LogP contribution in [0.1, 0.15) is 52.2 Å². The minimum Gasteiger partial charge on any atom is -0.508 e. The molecule has 278 valence electrons. The molecule has 0 spiro atoms. The van der Waals surface area contributed by atoms with E-state index >= 15 is 0 Å². The molecule has 0 saturated carbocycles. The van der Waals surface area contributed by atoms with Gasteiger partial charge in [0, 0.05) is 32.5 Å². The summed E-state index contributed by atoms with van der Waals surface area (Å²) in [6.45, 7) is 0.526. The Morgan fingerprint density at radius 2 is 1.23 bits per heavy atom. The number of nitrogens with zero attached hydrogens (tertiary/aromatic N) is 6. The Morgan fingerprint density at radius 3 is 1.75 bits per heavy atom. The van der Waals surface area contributed by atoms with Crippen LogP contribution in [-0.2, 0) is 16.0 Å². The van der Waals surface area contributed by atoms with Crippen molar-refractivity contribution >= 4 is 82.0 Å². The molecule has 0 bridgehead atoms. The number of aliphatic imine (C=N–C) groups is 2. The first kappa shape index (κ1) is 40.2. The van der Waals surface area contributed by atoms with Gasteiger partial charge in [-0.3, -0.25) is 39.8 Å². The van der Waals surface area contributed by atoms with Crippen LogP contribution < -0.4 is 55.7 Å². The van der Waals surface area contributed by atoms with Crippen LogP contribution in [-0.4, -0.2) is 86.3 Å². The maximum Gasteiger partial charge on any atom is 0.280 e. The number of amides is 4. The normalized spacial score (nSPS) is 12.1. The molecule has 17 N–H and O–H groups in total. The van der Waals surface area contributed by atoms with Gasteiger partial charge in [0.25, 0.3) is 11.8 Å². The molecule has 0 aliphatic rings. The second kappa shape index (κ2) is 19.2. The number of aromatic hydroxyl groups is 1. The number of hydrogen-bond donors (Lipinski definition) is 11. The quantitative estimate of drug-likeness (QED) is 0.0492. The number of phenolic OH excluding ortho intramolecular Hbond substituents is 1. The summed E-state index contributed by atoms with van der Waals surface area (Å²) < 4.78 is 0. The zero-order valence-electron chi connectivity index (χ0n) is 27.5. The molecule has 3 aromatic rings. The summed E-state index contributed by atoms with van der Waals surface area (Å²) in [7, 11) is 0. The number of halogens is 2. The molecule has 2 aromatic heterocycles. The molecule has 0 aliphatic heterocycles. The third-order valence-electron chi connectivity index (χ3n) is 6.76. The van der Waals surface area contributed by atoms with Gasteiger partial charge in [-0.15, -0.1) is 0 Å². The monoisotopic (exact) mass is 760 g/mol. The molecular weight excluding hydrogens is 723 g/mol. The van der Waals surface area contributed by atoms with Crippen molar-refractivity contribution in [1.82, 2.24) is 41.2 Å². The number of carbonyl (C=O) groups is 4. The number of phenols is 1. The van der Waals surface area contributed by atoms with Gasteiger partial charge in [0.15, 0.2) is 56.9 Å². The van der Waals surface area contributed by atoms with Crippen LogP contribution in [0.4, 0.5) is 23.3 Å². The van der Waals surface area contributed by atoms with E-state index in [-0.39, 0.29) is 102 Å². The van der Waals surface area contributed by atoms with E-state index < -0.39 is 29.7 Å². The number of hydrogen-bond acceptors (Lipinski definition) is 15. The molecule has 4 amide bonds. The lowest BCUT2D eigenvalue weighted by Gasteiger charge is -2.19. The lowest BCUT2D eigenvalue weighted by atomic mass is 10.0. The lowest BCUT2D eigenvalue weighted by Crippen LogP contribution is -2.48. The van der Waals surface area contributed by atoms with Crippen molar-refractivity contribution in [1.29, 1.82) is 0 Å². The fraction of sp³-hybridized carbons (Fsp3) is 0.310. The molecule has 1 aromatic carbocycles. The summed E-state index contributed by atoms with van der Waals surface area (Å²) in [5, 5.41) is 19.4. The van der Waals surface area contributed by atoms with Crippen LogP contribution in [0.3, 0.4) is 0 Å². The standard InChI is InChI=1S/C29H38Cl2N16O5/c30-19-23(34)44-21(32)17(42-19)26(51)46-28(36)39-10-2-1-9-38-25(50)15(12-13-5-7-14(48)8-6-13)41-16(49)4-3-11-40-29(37)47-27(52)18-22(33)45-24(35)20(31)43-18/h5-8,15,48H,1-4,9-12H2,(H,38,50)(H,41,49)(H4,32,34,44)(H4,33,35,45)(H3,36,39,46,51)(H3,37,40,47,52)/t15-/m0/s1. The molecule has 3 rings (SSSR count). The maximum absolute atomic E-state index is 13.1. The van der Waals surface area contributed by atoms with Crippen molar-refractivity contribution in [3.8, 4) is 5.75 Å². The Kier molecular flexibility index (Phi) is 14.9. The van der Waals surface area contributed by atoms with Crippen LogP contribution in [0.25, 0.3) is 0 Å². The van der Waals surface area contributed by atoms with Gasteiger partial charge in [-0.2, -0.15) is 0 Å². The minimum absolute atomic E-state index is 0.0173. The van der Waals surface area contributed by atoms with Crippen molar-refractivity contribution in [2.45, 2.75) is 38.1 Å². The lowest BCUT2D eigenvalue weighted by molar-refractivity contribution is -0.129. The maximum atomic E-state index is 13.1. The summed E-state index contributed by atoms with van der Waals surface area (Å²) >= 11 is 11.6. The van der Waals surface area contributed by atoms with Gasteiger partial charge in [-0.25, -0.2) is 19.9 Å². The molecule has 0 unspecified atom stereocenters. The van der Waals surface area contributed by atoms with Crippen molar-refractivity contribution in [2.24, 2.45) is 21.5 Å². The Balaban J connectivity index is 1.46. The predicted octanol–water partition coefficient (Wildman–Crippen LogP) is -1.20. The molecule has 0 radical (unpaired) electrons. The van der Waals surface area contributed by atoms with E-state index in [1.807, 2.05) is 0 Å². The molecule has 1 atom stereocenters. The molecule has 23 heteroatoms. The number of unbranched alkanes of at least 4 members (excludes halogenated alkanes) is 1. The van der Waals surface area contributed by atoms with Crippen molar-refractivity contribution in [3.63, 3.8) is 0 Å². The Labute approximate surface area is 306 Å². The molecule has 0 saturated heterocycles. The Morgan fingerprint density at radius 1 is 0.731 bits per heavy atom. The number of anilines is 4. The van der Waals surface area contributed by atoms with E-state index in [0.717, 1.165) is 0 Å². The Bertz CT molecular complexity index is 1840. The molecular formula is C29H38Cl2N16O5. The van der Waals surface area contributed by atoms with E-state index in [9.17, 15) is 24.3 Å². The average Bonchev–Trinajstić information content (AvgIpc) is 3.08. The number of rotatable bonds is 15. The van der Waals surface area contributed by atoms with Gasteiger partial charge in [-0.05, 0) is 37.0 Å². The number of nitrogens with one attached hydrogen (secondary N) is 4. The number of guanidine groups is 2. The Hall–Kier alpha value is -6.22. The zero-order chi connectivity index (χ0) is 38.4. The van der Waals surface area contributed by atoms with Gasteiger partial charge in [0.1, 0.15) is 11.8 Å².